The van der Waals surface area contributed by atoms with Crippen LogP contribution < -0.4 is 11.3 Å². The van der Waals surface area contributed by atoms with Gasteiger partial charge in [0, 0.05) is 6.07 Å². The molecule has 15 heavy (non-hydrogen) atoms. The number of nitrogens with two attached hydrogens (primary N) is 1. The van der Waals surface area contributed by atoms with Crippen molar-refractivity contribution in [1.82, 2.24) is 0 Å². The average Bonchev–Trinajstić information content (AvgIpc) is 2.27. The number of ether oxygens (including phenoxy) is 1. The van der Waals surface area contributed by atoms with Gasteiger partial charge in [-0.25, -0.2) is 4.79 Å². The molecule has 0 saturated heterocycles. The number of nitro benzene ring substituents is 1. The molecular weight excluding hydrogens is 202 g/mol. The molecule has 1 rings (SSSR count). The van der Waals surface area contributed by atoms with Crippen molar-refractivity contribution in [1.29, 1.82) is 0 Å². The van der Waals surface area contributed by atoms with E-state index in [9.17, 15) is 14.9 Å². The van der Waals surface area contributed by atoms with Gasteiger partial charge in [0.25, 0.3) is 5.69 Å². The first-order valence-electron chi connectivity index (χ1n) is 3.93. The van der Waals surface area contributed by atoms with Crippen LogP contribution in [0, 0.1) is 10.1 Å². The van der Waals surface area contributed by atoms with E-state index in [2.05, 4.69) is 10.2 Å². The van der Waals surface area contributed by atoms with Crippen LogP contribution in [0.25, 0.3) is 0 Å². The molecule has 0 unspecified atom stereocenters. The maximum atomic E-state index is 11.1. The van der Waals surface area contributed by atoms with Crippen LogP contribution >= 0.6 is 0 Å². The first-order valence-corrected chi connectivity index (χ1v) is 3.93. The van der Waals surface area contributed by atoms with E-state index in [0.717, 1.165) is 6.07 Å². The van der Waals surface area contributed by atoms with Gasteiger partial charge in [0.05, 0.1) is 17.6 Å². The number of anilines is 1. The first kappa shape index (κ1) is 10.9. The Morgan fingerprint density at radius 2 is 2.27 bits per heavy atom. The number of carbonyl (C=O) groups excluding carboxylic acids is 1. The first-order chi connectivity index (χ1) is 7.10. The van der Waals surface area contributed by atoms with Gasteiger partial charge in [-0.3, -0.25) is 16.0 Å². The minimum absolute atomic E-state index is 0.100. The maximum absolute atomic E-state index is 11.1. The summed E-state index contributed by atoms with van der Waals surface area (Å²) in [6.45, 7) is 0. The molecule has 7 nitrogen and oxygen atoms in total. The predicted molar refractivity (Wildman–Crippen MR) is 52.2 cm³/mol. The van der Waals surface area contributed by atoms with E-state index in [4.69, 9.17) is 5.84 Å². The summed E-state index contributed by atoms with van der Waals surface area (Å²) in [6, 6.07) is 3.82. The minimum atomic E-state index is -0.637. The molecule has 1 aromatic carbocycles. The fourth-order valence-corrected chi connectivity index (χ4v) is 1.05. The fraction of sp³-hybridized carbons (Fsp3) is 0.125. The highest BCUT2D eigenvalue weighted by Gasteiger charge is 2.16. The second-order valence-corrected chi connectivity index (χ2v) is 2.62. The number of rotatable bonds is 3. The Kier molecular flexibility index (Phi) is 3.19. The van der Waals surface area contributed by atoms with E-state index < -0.39 is 10.9 Å². The number of hydrogen-bond donors (Lipinski definition) is 2. The summed E-state index contributed by atoms with van der Waals surface area (Å²) in [6.07, 6.45) is 0. The Balaban J connectivity index is 3.22. The summed E-state index contributed by atoms with van der Waals surface area (Å²) in [5.74, 6) is 4.44. The van der Waals surface area contributed by atoms with E-state index in [1.807, 2.05) is 0 Å². The number of carbonyl (C=O) groups is 1. The Morgan fingerprint density at radius 1 is 1.60 bits per heavy atom. The third-order valence-electron chi connectivity index (χ3n) is 1.77. The van der Waals surface area contributed by atoms with Gasteiger partial charge in [-0.15, -0.1) is 0 Å². The molecule has 0 aliphatic carbocycles. The third-order valence-corrected chi connectivity index (χ3v) is 1.77. The molecule has 0 spiro atoms. The number of nitro groups is 1. The molecule has 0 heterocycles. The summed E-state index contributed by atoms with van der Waals surface area (Å²) in [7, 11) is 1.20. The lowest BCUT2D eigenvalue weighted by atomic mass is 10.2. The van der Waals surface area contributed by atoms with Crippen molar-refractivity contribution in [3.8, 4) is 0 Å². The average molecular weight is 211 g/mol. The van der Waals surface area contributed by atoms with Crippen LogP contribution in [-0.2, 0) is 4.74 Å². The molecule has 0 aliphatic rings. The number of hydrazine groups is 1. The summed E-state index contributed by atoms with van der Waals surface area (Å²) < 4.78 is 4.43. The molecule has 0 amide bonds. The van der Waals surface area contributed by atoms with Crippen molar-refractivity contribution in [2.75, 3.05) is 12.5 Å². The van der Waals surface area contributed by atoms with Crippen LogP contribution in [0.1, 0.15) is 10.4 Å². The molecule has 0 bridgehead atoms. The fourth-order valence-electron chi connectivity index (χ4n) is 1.05. The van der Waals surface area contributed by atoms with Gasteiger partial charge < -0.3 is 10.2 Å². The lowest BCUT2D eigenvalue weighted by Gasteiger charge is -2.03. The highest BCUT2D eigenvalue weighted by molar-refractivity contribution is 5.91. The van der Waals surface area contributed by atoms with Gasteiger partial charge >= 0.3 is 5.97 Å². The van der Waals surface area contributed by atoms with Gasteiger partial charge in [-0.05, 0) is 12.1 Å². The van der Waals surface area contributed by atoms with Crippen LogP contribution in [0.2, 0.25) is 0 Å². The largest absolute Gasteiger partial charge is 0.465 e. The zero-order valence-electron chi connectivity index (χ0n) is 7.89. The van der Waals surface area contributed by atoms with Crippen LogP contribution in [0.5, 0.6) is 0 Å². The van der Waals surface area contributed by atoms with Gasteiger partial charge in [-0.2, -0.15) is 0 Å². The van der Waals surface area contributed by atoms with E-state index in [-0.39, 0.29) is 16.9 Å². The van der Waals surface area contributed by atoms with Crippen LogP contribution in [0.3, 0.4) is 0 Å². The zero-order chi connectivity index (χ0) is 11.4. The number of nitrogen functional groups attached to an aromatic ring is 1. The van der Waals surface area contributed by atoms with E-state index in [1.54, 1.807) is 0 Å². The Bertz CT molecular complexity index is 405. The Morgan fingerprint density at radius 3 is 2.73 bits per heavy atom. The lowest BCUT2D eigenvalue weighted by molar-refractivity contribution is -0.384. The van der Waals surface area contributed by atoms with E-state index >= 15 is 0 Å². The molecular formula is C8H9N3O4. The van der Waals surface area contributed by atoms with Gasteiger partial charge in [0.2, 0.25) is 0 Å². The van der Waals surface area contributed by atoms with Gasteiger partial charge in [-0.1, -0.05) is 0 Å². The minimum Gasteiger partial charge on any atom is -0.465 e. The standard InChI is InChI=1S/C8H9N3O4/c1-15-8(12)5-2-3-6(10-9)7(4-5)11(13)14/h2-4,10H,9H2,1H3. The van der Waals surface area contributed by atoms with Gasteiger partial charge in [0.15, 0.2) is 0 Å². The SMILES string of the molecule is COC(=O)c1ccc(NN)c([N+](=O)[O-])c1. The van der Waals surface area contributed by atoms with Crippen LogP contribution in [-0.4, -0.2) is 18.0 Å². The monoisotopic (exact) mass is 211 g/mol. The van der Waals surface area contributed by atoms with E-state index in [0.29, 0.717) is 0 Å². The highest BCUT2D eigenvalue weighted by Crippen LogP contribution is 2.24. The molecule has 0 aliphatic heterocycles. The molecule has 0 fully saturated rings. The normalized spacial score (nSPS) is 9.47. The number of nitrogens with one attached hydrogen (secondary N) is 1. The molecule has 0 radical (unpaired) electrons. The van der Waals surface area contributed by atoms with Crippen LogP contribution in [0.15, 0.2) is 18.2 Å². The topological polar surface area (TPSA) is 107 Å². The van der Waals surface area contributed by atoms with Crippen molar-refractivity contribution in [3.05, 3.63) is 33.9 Å². The zero-order valence-corrected chi connectivity index (χ0v) is 7.89. The summed E-state index contributed by atoms with van der Waals surface area (Å²) in [5, 5.41) is 10.6. The van der Waals surface area contributed by atoms with Crippen molar-refractivity contribution in [2.45, 2.75) is 0 Å². The molecule has 3 N–H and O–H groups in total. The Labute approximate surface area is 84.9 Å². The third kappa shape index (κ3) is 2.20. The van der Waals surface area contributed by atoms with Crippen molar-refractivity contribution < 1.29 is 14.5 Å². The smallest absolute Gasteiger partial charge is 0.338 e. The molecule has 80 valence electrons. The summed E-state index contributed by atoms with van der Waals surface area (Å²) in [5.41, 5.74) is 2.12. The molecule has 7 heteroatoms. The molecule has 1 aromatic rings. The number of hydrogen-bond acceptors (Lipinski definition) is 6. The number of nitrogens with zero attached hydrogens (tertiary/aromatic N) is 1. The number of esters is 1. The number of methoxy groups -OCH3 is 1. The second-order valence-electron chi connectivity index (χ2n) is 2.62. The van der Waals surface area contributed by atoms with Crippen molar-refractivity contribution >= 4 is 17.3 Å². The summed E-state index contributed by atoms with van der Waals surface area (Å²) >= 11 is 0. The predicted octanol–water partition coefficient (Wildman–Crippen LogP) is 0.667. The molecule has 0 atom stereocenters. The van der Waals surface area contributed by atoms with Gasteiger partial charge in [0.1, 0.15) is 5.69 Å². The lowest BCUT2D eigenvalue weighted by Crippen LogP contribution is -2.10. The molecule has 0 aromatic heterocycles. The molecule has 0 saturated carbocycles. The van der Waals surface area contributed by atoms with Crippen molar-refractivity contribution in [2.24, 2.45) is 5.84 Å². The maximum Gasteiger partial charge on any atom is 0.338 e. The highest BCUT2D eigenvalue weighted by atomic mass is 16.6. The number of benzene rings is 1. The summed E-state index contributed by atoms with van der Waals surface area (Å²) in [4.78, 5) is 21.1. The van der Waals surface area contributed by atoms with Crippen molar-refractivity contribution in [3.63, 3.8) is 0 Å². The Hall–Kier alpha value is -2.15. The second kappa shape index (κ2) is 4.38. The van der Waals surface area contributed by atoms with Crippen LogP contribution in [0.4, 0.5) is 11.4 Å². The van der Waals surface area contributed by atoms with E-state index in [1.165, 1.54) is 19.2 Å². The quantitative estimate of drug-likeness (QED) is 0.329.